The summed E-state index contributed by atoms with van der Waals surface area (Å²) in [7, 11) is 0. The zero-order chi connectivity index (χ0) is 19.4. The van der Waals surface area contributed by atoms with Gasteiger partial charge in [-0.05, 0) is 43.5 Å². The molecule has 0 radical (unpaired) electrons. The summed E-state index contributed by atoms with van der Waals surface area (Å²) in [5.41, 5.74) is 8.22. The summed E-state index contributed by atoms with van der Waals surface area (Å²) in [5.74, 6) is 1.43. The largest absolute Gasteiger partial charge is 0.370 e. The third-order valence-corrected chi connectivity index (χ3v) is 4.30. The number of hydrogen-bond acceptors (Lipinski definition) is 4. The fourth-order valence-electron chi connectivity index (χ4n) is 2.90. The number of aromatic amines is 1. The minimum atomic E-state index is 0.494. The highest BCUT2D eigenvalue weighted by molar-refractivity contribution is 5.77. The molecule has 0 unspecified atom stereocenters. The number of nitrogens with two attached hydrogens (primary N) is 1. The maximum absolute atomic E-state index is 5.97. The lowest BCUT2D eigenvalue weighted by Crippen LogP contribution is -2.33. The first-order chi connectivity index (χ1) is 13.8. The van der Waals surface area contributed by atoms with Crippen LogP contribution in [0.15, 0.2) is 72.2 Å². The second-order valence-corrected chi connectivity index (χ2v) is 6.40. The first kappa shape index (κ1) is 19.4. The van der Waals surface area contributed by atoms with Crippen LogP contribution in [0.25, 0.3) is 0 Å². The van der Waals surface area contributed by atoms with E-state index >= 15 is 0 Å². The number of aryl methyl sites for hydroxylation is 1. The number of anilines is 2. The molecule has 0 saturated carbocycles. The Labute approximate surface area is 165 Å². The van der Waals surface area contributed by atoms with Crippen LogP contribution in [0.5, 0.6) is 0 Å². The molecule has 4 N–H and O–H groups in total. The van der Waals surface area contributed by atoms with Crippen LogP contribution in [0.1, 0.15) is 18.5 Å². The van der Waals surface area contributed by atoms with Crippen molar-refractivity contribution in [3.05, 3.63) is 72.9 Å². The Morgan fingerprint density at radius 2 is 1.96 bits per heavy atom. The zero-order valence-corrected chi connectivity index (χ0v) is 16.0. The van der Waals surface area contributed by atoms with Gasteiger partial charge in [-0.3, -0.25) is 4.99 Å². The second-order valence-electron chi connectivity index (χ2n) is 6.40. The van der Waals surface area contributed by atoms with Crippen LogP contribution < -0.4 is 16.0 Å². The number of H-pyrrole nitrogens is 1. The van der Waals surface area contributed by atoms with E-state index in [0.717, 1.165) is 49.6 Å². The van der Waals surface area contributed by atoms with Crippen molar-refractivity contribution in [3.8, 4) is 0 Å². The summed E-state index contributed by atoms with van der Waals surface area (Å²) < 4.78 is 0. The Kier molecular flexibility index (Phi) is 7.43. The van der Waals surface area contributed by atoms with Crippen LogP contribution in [0.4, 0.5) is 11.5 Å². The van der Waals surface area contributed by atoms with Gasteiger partial charge in [-0.2, -0.15) is 0 Å². The van der Waals surface area contributed by atoms with Crippen molar-refractivity contribution >= 4 is 17.5 Å². The molecular formula is C21H27N7. The quantitative estimate of drug-likeness (QED) is 0.287. The van der Waals surface area contributed by atoms with Gasteiger partial charge >= 0.3 is 0 Å². The highest BCUT2D eigenvalue weighted by Gasteiger charge is 2.09. The third-order valence-electron chi connectivity index (χ3n) is 4.30. The number of benzene rings is 1. The number of aliphatic imine (C=N–C) groups is 1. The lowest BCUT2D eigenvalue weighted by atomic mass is 10.2. The van der Waals surface area contributed by atoms with Gasteiger partial charge < -0.3 is 20.9 Å². The number of aromatic nitrogens is 3. The average molecular weight is 377 g/mol. The van der Waals surface area contributed by atoms with E-state index in [1.807, 2.05) is 48.8 Å². The Morgan fingerprint density at radius 1 is 1.11 bits per heavy atom. The molecule has 0 aliphatic heterocycles. The number of para-hydroxylation sites is 1. The number of pyridine rings is 1. The fraction of sp³-hybridized carbons (Fsp3) is 0.286. The molecule has 2 heterocycles. The fourth-order valence-corrected chi connectivity index (χ4v) is 2.90. The molecule has 3 rings (SSSR count). The van der Waals surface area contributed by atoms with Crippen LogP contribution in [0.2, 0.25) is 0 Å². The Balaban J connectivity index is 1.44. The number of nitrogens with zero attached hydrogens (tertiary/aromatic N) is 4. The molecule has 1 aromatic carbocycles. The molecule has 0 fully saturated rings. The summed E-state index contributed by atoms with van der Waals surface area (Å²) >= 11 is 0. The first-order valence-electron chi connectivity index (χ1n) is 9.57. The Hall–Kier alpha value is -3.35. The molecular weight excluding hydrogens is 350 g/mol. The summed E-state index contributed by atoms with van der Waals surface area (Å²) in [6.07, 6.45) is 8.15. The van der Waals surface area contributed by atoms with Crippen LogP contribution in [0.3, 0.4) is 0 Å². The van der Waals surface area contributed by atoms with Crippen molar-refractivity contribution in [2.75, 3.05) is 24.5 Å². The average Bonchev–Trinajstić information content (AvgIpc) is 3.26. The van der Waals surface area contributed by atoms with E-state index in [4.69, 9.17) is 5.73 Å². The molecule has 28 heavy (non-hydrogen) atoms. The predicted molar refractivity (Wildman–Crippen MR) is 114 cm³/mol. The van der Waals surface area contributed by atoms with E-state index < -0.39 is 0 Å². The number of rotatable bonds is 10. The summed E-state index contributed by atoms with van der Waals surface area (Å²) in [6, 6.07) is 16.2. The predicted octanol–water partition coefficient (Wildman–Crippen LogP) is 2.87. The van der Waals surface area contributed by atoms with Crippen LogP contribution >= 0.6 is 0 Å². The lowest BCUT2D eigenvalue weighted by molar-refractivity contribution is 0.749. The molecule has 0 spiro atoms. The SMILES string of the molecule is NC(=NCCCN(c1ccccc1)c1ccccn1)NCCCc1cnc[nH]1. The van der Waals surface area contributed by atoms with Gasteiger partial charge in [0, 0.05) is 43.4 Å². The van der Waals surface area contributed by atoms with Gasteiger partial charge in [-0.1, -0.05) is 24.3 Å². The molecule has 2 aromatic heterocycles. The van der Waals surface area contributed by atoms with E-state index in [-0.39, 0.29) is 0 Å². The molecule has 0 amide bonds. The maximum atomic E-state index is 5.97. The summed E-state index contributed by atoms with van der Waals surface area (Å²) in [5, 5.41) is 3.16. The third kappa shape index (κ3) is 6.12. The lowest BCUT2D eigenvalue weighted by Gasteiger charge is -2.23. The molecule has 7 nitrogen and oxygen atoms in total. The highest BCUT2D eigenvalue weighted by Crippen LogP contribution is 2.22. The molecule has 7 heteroatoms. The number of imidazole rings is 1. The van der Waals surface area contributed by atoms with Gasteiger partial charge in [-0.15, -0.1) is 0 Å². The van der Waals surface area contributed by atoms with Crippen molar-refractivity contribution in [1.29, 1.82) is 0 Å². The minimum Gasteiger partial charge on any atom is -0.370 e. The number of nitrogens with one attached hydrogen (secondary N) is 2. The number of guanidine groups is 1. The minimum absolute atomic E-state index is 0.494. The molecule has 3 aromatic rings. The van der Waals surface area contributed by atoms with E-state index in [1.165, 1.54) is 0 Å². The van der Waals surface area contributed by atoms with Gasteiger partial charge in [0.05, 0.1) is 6.33 Å². The summed E-state index contributed by atoms with van der Waals surface area (Å²) in [4.78, 5) is 18.2. The van der Waals surface area contributed by atoms with Crippen molar-refractivity contribution in [2.45, 2.75) is 19.3 Å². The molecule has 0 atom stereocenters. The van der Waals surface area contributed by atoms with Gasteiger partial charge in [-0.25, -0.2) is 9.97 Å². The zero-order valence-electron chi connectivity index (χ0n) is 16.0. The van der Waals surface area contributed by atoms with Gasteiger partial charge in [0.2, 0.25) is 0 Å². The van der Waals surface area contributed by atoms with E-state index in [0.29, 0.717) is 12.5 Å². The Bertz CT molecular complexity index is 777. The van der Waals surface area contributed by atoms with Crippen LogP contribution in [-0.2, 0) is 6.42 Å². The van der Waals surface area contributed by atoms with E-state index in [1.54, 1.807) is 6.33 Å². The van der Waals surface area contributed by atoms with Crippen molar-refractivity contribution in [2.24, 2.45) is 10.7 Å². The standard InChI is InChI=1S/C21H27N7/c22-21(25-13-6-8-18-16-23-17-27-18)26-14-7-15-28(19-9-2-1-3-10-19)20-11-4-5-12-24-20/h1-5,9-12,16-17H,6-8,13-15H2,(H,23,27)(H3,22,25,26). The van der Waals surface area contributed by atoms with Crippen molar-refractivity contribution in [1.82, 2.24) is 20.3 Å². The van der Waals surface area contributed by atoms with Gasteiger partial charge in [0.1, 0.15) is 5.82 Å². The van der Waals surface area contributed by atoms with Crippen molar-refractivity contribution < 1.29 is 0 Å². The normalized spacial score (nSPS) is 11.4. The molecule has 146 valence electrons. The Morgan fingerprint density at radius 3 is 2.71 bits per heavy atom. The number of hydrogen-bond donors (Lipinski definition) is 3. The second kappa shape index (κ2) is 10.7. The highest BCUT2D eigenvalue weighted by atomic mass is 15.2. The van der Waals surface area contributed by atoms with Gasteiger partial charge in [0.25, 0.3) is 0 Å². The summed E-state index contributed by atoms with van der Waals surface area (Å²) in [6.45, 7) is 2.27. The monoisotopic (exact) mass is 377 g/mol. The van der Waals surface area contributed by atoms with Crippen molar-refractivity contribution in [3.63, 3.8) is 0 Å². The maximum Gasteiger partial charge on any atom is 0.188 e. The van der Waals surface area contributed by atoms with E-state index in [9.17, 15) is 0 Å². The smallest absolute Gasteiger partial charge is 0.188 e. The molecule has 0 aliphatic rings. The topological polar surface area (TPSA) is 95.2 Å². The van der Waals surface area contributed by atoms with E-state index in [2.05, 4.69) is 42.3 Å². The van der Waals surface area contributed by atoms with Gasteiger partial charge in [0.15, 0.2) is 5.96 Å². The first-order valence-corrected chi connectivity index (χ1v) is 9.57. The molecule has 0 bridgehead atoms. The van der Waals surface area contributed by atoms with Crippen LogP contribution in [-0.4, -0.2) is 40.5 Å². The van der Waals surface area contributed by atoms with Crippen LogP contribution in [0, 0.1) is 0 Å². The molecule has 0 saturated heterocycles. The molecule has 0 aliphatic carbocycles.